The van der Waals surface area contributed by atoms with Crippen LogP contribution in [-0.2, 0) is 0 Å². The van der Waals surface area contributed by atoms with E-state index >= 15 is 0 Å². The van der Waals surface area contributed by atoms with Crippen molar-refractivity contribution in [2.24, 2.45) is 5.73 Å². The zero-order chi connectivity index (χ0) is 24.2. The van der Waals surface area contributed by atoms with E-state index in [-0.39, 0.29) is 0 Å². The van der Waals surface area contributed by atoms with Gasteiger partial charge < -0.3 is 20.4 Å². The first kappa shape index (κ1) is 23.2. The summed E-state index contributed by atoms with van der Waals surface area (Å²) < 4.78 is 6.03. The average Bonchev–Trinajstić information content (AvgIpc) is 3.32. The lowest BCUT2D eigenvalue weighted by molar-refractivity contribution is 0.100. The van der Waals surface area contributed by atoms with E-state index in [1.807, 2.05) is 48.5 Å². The summed E-state index contributed by atoms with van der Waals surface area (Å²) in [5.74, 6) is 0.984. The summed E-state index contributed by atoms with van der Waals surface area (Å²) in [6.07, 6.45) is 0.952. The van der Waals surface area contributed by atoms with Gasteiger partial charge >= 0.3 is 0 Å². The highest BCUT2D eigenvalue weighted by Crippen LogP contribution is 2.26. The van der Waals surface area contributed by atoms with Crippen molar-refractivity contribution in [3.05, 3.63) is 77.3 Å². The fraction of sp³-hybridized carbons (Fsp3) is 0.259. The van der Waals surface area contributed by atoms with Crippen LogP contribution in [0, 0.1) is 0 Å². The molecule has 1 saturated heterocycles. The molecule has 0 aliphatic carbocycles. The van der Waals surface area contributed by atoms with Crippen LogP contribution >= 0.6 is 11.6 Å². The van der Waals surface area contributed by atoms with Crippen molar-refractivity contribution >= 4 is 34.2 Å². The van der Waals surface area contributed by atoms with Crippen LogP contribution in [0.4, 0.5) is 5.69 Å². The van der Waals surface area contributed by atoms with E-state index in [1.165, 1.54) is 5.69 Å². The summed E-state index contributed by atoms with van der Waals surface area (Å²) in [6.45, 7) is 5.70. The number of primary amides is 1. The Morgan fingerprint density at radius 1 is 1.03 bits per heavy atom. The molecule has 1 amide bonds. The predicted molar refractivity (Wildman–Crippen MR) is 140 cm³/mol. The summed E-state index contributed by atoms with van der Waals surface area (Å²) in [6, 6.07) is 21.2. The third-order valence-corrected chi connectivity index (χ3v) is 6.55. The fourth-order valence-electron chi connectivity index (χ4n) is 4.48. The Bertz CT molecular complexity index is 1330. The second-order valence-corrected chi connectivity index (χ2v) is 9.13. The minimum absolute atomic E-state index is 0.408. The number of nitrogens with one attached hydrogen (secondary N) is 1. The summed E-state index contributed by atoms with van der Waals surface area (Å²) in [4.78, 5) is 24.4. The van der Waals surface area contributed by atoms with Crippen molar-refractivity contribution in [1.82, 2.24) is 14.9 Å². The van der Waals surface area contributed by atoms with Crippen molar-refractivity contribution in [3.63, 3.8) is 0 Å². The number of H-pyrrole nitrogens is 1. The third-order valence-electron chi connectivity index (χ3n) is 6.32. The summed E-state index contributed by atoms with van der Waals surface area (Å²) in [5, 5.41) is 0.780. The van der Waals surface area contributed by atoms with Crippen molar-refractivity contribution in [3.8, 4) is 17.1 Å². The van der Waals surface area contributed by atoms with E-state index in [0.29, 0.717) is 23.5 Å². The number of benzene rings is 3. The van der Waals surface area contributed by atoms with E-state index in [1.54, 1.807) is 12.1 Å². The molecule has 0 atom stereocenters. The molecule has 0 spiro atoms. The number of nitrogens with two attached hydrogens (primary N) is 1. The van der Waals surface area contributed by atoms with Gasteiger partial charge in [-0.15, -0.1) is 0 Å². The van der Waals surface area contributed by atoms with Gasteiger partial charge in [0.1, 0.15) is 17.1 Å². The number of imidazole rings is 1. The Balaban J connectivity index is 1.13. The largest absolute Gasteiger partial charge is 0.494 e. The Hall–Kier alpha value is -3.55. The number of carbonyl (C=O) groups excluding carboxylic acids is 1. The van der Waals surface area contributed by atoms with Gasteiger partial charge in [-0.1, -0.05) is 35.9 Å². The van der Waals surface area contributed by atoms with Crippen LogP contribution in [0.3, 0.4) is 0 Å². The lowest BCUT2D eigenvalue weighted by Crippen LogP contribution is -2.46. The van der Waals surface area contributed by atoms with Crippen LogP contribution in [0.5, 0.6) is 5.75 Å². The van der Waals surface area contributed by atoms with Gasteiger partial charge in [0.25, 0.3) is 5.91 Å². The molecule has 1 fully saturated rings. The van der Waals surface area contributed by atoms with Crippen LogP contribution in [0.2, 0.25) is 5.02 Å². The Kier molecular flexibility index (Phi) is 6.88. The Morgan fingerprint density at radius 2 is 1.83 bits per heavy atom. The SMILES string of the molecule is NC(=O)c1cccc2[nH]c(-c3cccc(OCCCN4CCN(c5cccc(Cl)c5)CC4)c3)nc12. The quantitative estimate of drug-likeness (QED) is 0.354. The summed E-state index contributed by atoms with van der Waals surface area (Å²) in [5.41, 5.74) is 9.34. The normalized spacial score (nSPS) is 14.4. The lowest BCUT2D eigenvalue weighted by atomic mass is 10.2. The molecule has 2 heterocycles. The van der Waals surface area contributed by atoms with E-state index in [9.17, 15) is 4.79 Å². The molecular formula is C27H28ClN5O2. The maximum Gasteiger partial charge on any atom is 0.250 e. The Morgan fingerprint density at radius 3 is 2.63 bits per heavy atom. The molecule has 0 radical (unpaired) electrons. The smallest absolute Gasteiger partial charge is 0.250 e. The first-order valence-electron chi connectivity index (χ1n) is 11.8. The number of amides is 1. The zero-order valence-corrected chi connectivity index (χ0v) is 20.2. The molecule has 35 heavy (non-hydrogen) atoms. The minimum atomic E-state index is -0.489. The van der Waals surface area contributed by atoms with Gasteiger partial charge in [0, 0.05) is 49.0 Å². The zero-order valence-electron chi connectivity index (χ0n) is 19.4. The number of nitrogens with zero attached hydrogens (tertiary/aromatic N) is 3. The van der Waals surface area contributed by atoms with E-state index in [0.717, 1.165) is 61.0 Å². The monoisotopic (exact) mass is 489 g/mol. The standard InChI is InChI=1S/C27H28ClN5O2/c28-20-6-2-7-21(18-20)33-14-12-32(13-15-33)11-4-16-35-22-8-1-5-19(17-22)27-30-24-10-3-9-23(26(29)34)25(24)31-27/h1-3,5-10,17-18H,4,11-16H2,(H2,29,34)(H,30,31). The van der Waals surface area contributed by atoms with Gasteiger partial charge in [-0.25, -0.2) is 4.98 Å². The number of hydrogen-bond donors (Lipinski definition) is 2. The fourth-order valence-corrected chi connectivity index (χ4v) is 4.67. The number of ether oxygens (including phenoxy) is 1. The maximum atomic E-state index is 11.7. The number of hydrogen-bond acceptors (Lipinski definition) is 5. The predicted octanol–water partition coefficient (Wildman–Crippen LogP) is 4.57. The number of para-hydroxylation sites is 1. The first-order chi connectivity index (χ1) is 17.1. The van der Waals surface area contributed by atoms with Gasteiger partial charge in [-0.3, -0.25) is 9.69 Å². The maximum absolute atomic E-state index is 11.7. The molecule has 8 heteroatoms. The van der Waals surface area contributed by atoms with Crippen LogP contribution < -0.4 is 15.4 Å². The molecule has 4 aromatic rings. The van der Waals surface area contributed by atoms with Crippen molar-refractivity contribution < 1.29 is 9.53 Å². The molecule has 1 aliphatic heterocycles. The number of carbonyl (C=O) groups is 1. The van der Waals surface area contributed by atoms with Crippen LogP contribution in [0.25, 0.3) is 22.4 Å². The van der Waals surface area contributed by atoms with E-state index < -0.39 is 5.91 Å². The number of fused-ring (bicyclic) bond motifs is 1. The first-order valence-corrected chi connectivity index (χ1v) is 12.2. The molecule has 7 nitrogen and oxygen atoms in total. The molecule has 1 aromatic heterocycles. The molecule has 3 N–H and O–H groups in total. The summed E-state index contributed by atoms with van der Waals surface area (Å²) in [7, 11) is 0. The molecule has 0 bridgehead atoms. The van der Waals surface area contributed by atoms with Crippen molar-refractivity contribution in [2.45, 2.75) is 6.42 Å². The van der Waals surface area contributed by atoms with Crippen LogP contribution in [-0.4, -0.2) is 60.1 Å². The van der Waals surface area contributed by atoms with Crippen LogP contribution in [0.1, 0.15) is 16.8 Å². The topological polar surface area (TPSA) is 87.5 Å². The third kappa shape index (κ3) is 5.42. The lowest BCUT2D eigenvalue weighted by Gasteiger charge is -2.36. The van der Waals surface area contributed by atoms with E-state index in [2.05, 4.69) is 25.8 Å². The number of anilines is 1. The second-order valence-electron chi connectivity index (χ2n) is 8.69. The molecule has 0 unspecified atom stereocenters. The number of halogens is 1. The van der Waals surface area contributed by atoms with Gasteiger partial charge in [0.15, 0.2) is 0 Å². The molecular weight excluding hydrogens is 462 g/mol. The van der Waals surface area contributed by atoms with Gasteiger partial charge in [-0.2, -0.15) is 0 Å². The molecule has 3 aromatic carbocycles. The molecule has 180 valence electrons. The van der Waals surface area contributed by atoms with Gasteiger partial charge in [0.2, 0.25) is 0 Å². The number of rotatable bonds is 8. The highest BCUT2D eigenvalue weighted by molar-refractivity contribution is 6.30. The van der Waals surface area contributed by atoms with Crippen molar-refractivity contribution in [2.75, 3.05) is 44.2 Å². The summed E-state index contributed by atoms with van der Waals surface area (Å²) >= 11 is 6.14. The van der Waals surface area contributed by atoms with E-state index in [4.69, 9.17) is 22.1 Å². The van der Waals surface area contributed by atoms with Gasteiger partial charge in [-0.05, 0) is 48.9 Å². The molecule has 1 aliphatic rings. The number of aromatic amines is 1. The second kappa shape index (κ2) is 10.4. The molecule has 5 rings (SSSR count). The average molecular weight is 490 g/mol. The Labute approximate surface area is 209 Å². The van der Waals surface area contributed by atoms with Crippen LogP contribution in [0.15, 0.2) is 66.7 Å². The number of aromatic nitrogens is 2. The highest BCUT2D eigenvalue weighted by atomic mass is 35.5. The van der Waals surface area contributed by atoms with Crippen molar-refractivity contribution in [1.29, 1.82) is 0 Å². The highest BCUT2D eigenvalue weighted by Gasteiger charge is 2.17. The minimum Gasteiger partial charge on any atom is -0.494 e. The number of piperazine rings is 1. The molecule has 0 saturated carbocycles. The van der Waals surface area contributed by atoms with Gasteiger partial charge in [0.05, 0.1) is 17.7 Å².